The van der Waals surface area contributed by atoms with E-state index in [0.717, 1.165) is 0 Å². The topological polar surface area (TPSA) is 38.3 Å². The Bertz CT molecular complexity index is 393. The molecule has 3 nitrogen and oxygen atoms in total. The number of carbonyl (C=O) groups excluding carboxylic acids is 1. The molecule has 15 heavy (non-hydrogen) atoms. The zero-order valence-corrected chi connectivity index (χ0v) is 10.1. The lowest BCUT2D eigenvalue weighted by atomic mass is 10.3. The fraction of sp³-hybridized carbons (Fsp3) is 0.100. The Morgan fingerprint density at radius 2 is 2.33 bits per heavy atom. The van der Waals surface area contributed by atoms with E-state index in [2.05, 4.69) is 10.1 Å². The van der Waals surface area contributed by atoms with E-state index in [1.165, 1.54) is 25.5 Å². The summed E-state index contributed by atoms with van der Waals surface area (Å²) in [5, 5.41) is 2.79. The lowest BCUT2D eigenvalue weighted by Crippen LogP contribution is -1.98. The highest BCUT2D eigenvalue weighted by molar-refractivity contribution is 14.1. The Balaban J connectivity index is 2.70. The SMILES string of the molecule is COC(=O)/C=C/Nc1cccc(F)c1I. The smallest absolute Gasteiger partial charge is 0.331 e. The lowest BCUT2D eigenvalue weighted by molar-refractivity contribution is -0.134. The third-order valence-electron chi connectivity index (χ3n) is 1.61. The number of ether oxygens (including phenoxy) is 1. The largest absolute Gasteiger partial charge is 0.466 e. The molecular formula is C10H9FINO2. The molecule has 0 amide bonds. The monoisotopic (exact) mass is 321 g/mol. The maximum atomic E-state index is 13.1. The highest BCUT2D eigenvalue weighted by Gasteiger charge is 2.02. The van der Waals surface area contributed by atoms with E-state index in [1.54, 1.807) is 12.1 Å². The van der Waals surface area contributed by atoms with Crippen molar-refractivity contribution < 1.29 is 13.9 Å². The molecule has 0 aliphatic carbocycles. The van der Waals surface area contributed by atoms with Gasteiger partial charge in [-0.25, -0.2) is 9.18 Å². The molecule has 0 saturated carbocycles. The average Bonchev–Trinajstić information content (AvgIpc) is 2.24. The number of nitrogens with one attached hydrogen (secondary N) is 1. The second-order valence-electron chi connectivity index (χ2n) is 2.60. The summed E-state index contributed by atoms with van der Waals surface area (Å²) in [5.41, 5.74) is 0.607. The summed E-state index contributed by atoms with van der Waals surface area (Å²) in [7, 11) is 1.29. The van der Waals surface area contributed by atoms with Gasteiger partial charge >= 0.3 is 5.97 Å². The van der Waals surface area contributed by atoms with Gasteiger partial charge in [0.2, 0.25) is 0 Å². The number of anilines is 1. The predicted octanol–water partition coefficient (Wildman–Crippen LogP) is 2.53. The zero-order chi connectivity index (χ0) is 11.3. The molecule has 0 unspecified atom stereocenters. The van der Waals surface area contributed by atoms with Crippen molar-refractivity contribution in [2.24, 2.45) is 0 Å². The molecule has 0 spiro atoms. The van der Waals surface area contributed by atoms with Crippen molar-refractivity contribution in [2.75, 3.05) is 12.4 Å². The van der Waals surface area contributed by atoms with Crippen LogP contribution in [0.5, 0.6) is 0 Å². The molecule has 0 aliphatic rings. The van der Waals surface area contributed by atoms with Crippen LogP contribution in [-0.2, 0) is 9.53 Å². The van der Waals surface area contributed by atoms with Crippen molar-refractivity contribution >= 4 is 34.2 Å². The van der Waals surface area contributed by atoms with Gasteiger partial charge in [-0.05, 0) is 34.7 Å². The Kier molecular flexibility index (Phi) is 4.54. The Hall–Kier alpha value is -1.11. The van der Waals surface area contributed by atoms with E-state index in [0.29, 0.717) is 9.26 Å². The third kappa shape index (κ3) is 3.50. The van der Waals surface area contributed by atoms with Gasteiger partial charge in [-0.2, -0.15) is 0 Å². The molecule has 0 fully saturated rings. The maximum absolute atomic E-state index is 13.1. The number of hydrogen-bond donors (Lipinski definition) is 1. The van der Waals surface area contributed by atoms with Crippen LogP contribution in [0.3, 0.4) is 0 Å². The summed E-state index contributed by atoms with van der Waals surface area (Å²) in [4.78, 5) is 10.7. The minimum Gasteiger partial charge on any atom is -0.466 e. The number of esters is 1. The average molecular weight is 321 g/mol. The van der Waals surface area contributed by atoms with Gasteiger partial charge < -0.3 is 10.1 Å². The van der Waals surface area contributed by atoms with E-state index < -0.39 is 5.97 Å². The first-order chi connectivity index (χ1) is 7.15. The molecule has 80 valence electrons. The molecular weight excluding hydrogens is 312 g/mol. The van der Waals surface area contributed by atoms with Gasteiger partial charge in [0.1, 0.15) is 5.82 Å². The molecule has 1 aromatic carbocycles. The van der Waals surface area contributed by atoms with Gasteiger partial charge in [-0.15, -0.1) is 0 Å². The second kappa shape index (κ2) is 5.69. The van der Waals surface area contributed by atoms with Crippen molar-refractivity contribution in [3.63, 3.8) is 0 Å². The molecule has 1 aromatic rings. The van der Waals surface area contributed by atoms with E-state index in [9.17, 15) is 9.18 Å². The second-order valence-corrected chi connectivity index (χ2v) is 3.68. The normalized spacial score (nSPS) is 10.3. The van der Waals surface area contributed by atoms with Gasteiger partial charge in [-0.3, -0.25) is 0 Å². The summed E-state index contributed by atoms with van der Waals surface area (Å²) < 4.78 is 17.9. The summed E-state index contributed by atoms with van der Waals surface area (Å²) >= 11 is 1.88. The molecule has 0 saturated heterocycles. The molecule has 5 heteroatoms. The van der Waals surface area contributed by atoms with Crippen LogP contribution < -0.4 is 5.32 Å². The summed E-state index contributed by atoms with van der Waals surface area (Å²) in [6, 6.07) is 4.68. The van der Waals surface area contributed by atoms with Crippen molar-refractivity contribution in [3.05, 3.63) is 39.9 Å². The highest BCUT2D eigenvalue weighted by Crippen LogP contribution is 2.20. The summed E-state index contributed by atoms with van der Waals surface area (Å²) in [5.74, 6) is -0.763. The van der Waals surface area contributed by atoms with Gasteiger partial charge in [0.15, 0.2) is 0 Å². The van der Waals surface area contributed by atoms with Crippen molar-refractivity contribution in [2.45, 2.75) is 0 Å². The standard InChI is InChI=1S/C10H9FINO2/c1-15-9(14)5-6-13-8-4-2-3-7(11)10(8)12/h2-6,13H,1H3/b6-5+. The van der Waals surface area contributed by atoms with Crippen LogP contribution in [0, 0.1) is 9.39 Å². The zero-order valence-electron chi connectivity index (χ0n) is 7.96. The first-order valence-corrected chi connectivity index (χ1v) is 5.18. The Labute approximate surface area is 100 Å². The third-order valence-corrected chi connectivity index (χ3v) is 2.71. The minimum absolute atomic E-state index is 0.299. The molecule has 0 aromatic heterocycles. The van der Waals surface area contributed by atoms with Crippen LogP contribution in [0.4, 0.5) is 10.1 Å². The maximum Gasteiger partial charge on any atom is 0.331 e. The Morgan fingerprint density at radius 3 is 3.00 bits per heavy atom. The predicted molar refractivity (Wildman–Crippen MR) is 63.9 cm³/mol. The molecule has 0 atom stereocenters. The van der Waals surface area contributed by atoms with Crippen LogP contribution in [0.1, 0.15) is 0 Å². The first kappa shape index (κ1) is 12.0. The van der Waals surface area contributed by atoms with Crippen LogP contribution in [0.2, 0.25) is 0 Å². The number of carbonyl (C=O) groups is 1. The summed E-state index contributed by atoms with van der Waals surface area (Å²) in [6.07, 6.45) is 2.63. The minimum atomic E-state index is -0.464. The number of halogens is 2. The molecule has 1 rings (SSSR count). The van der Waals surface area contributed by atoms with Crippen LogP contribution in [-0.4, -0.2) is 13.1 Å². The van der Waals surface area contributed by atoms with Gasteiger partial charge in [-0.1, -0.05) is 6.07 Å². The van der Waals surface area contributed by atoms with Crippen molar-refractivity contribution in [1.82, 2.24) is 0 Å². The number of benzene rings is 1. The number of rotatable bonds is 3. The lowest BCUT2D eigenvalue weighted by Gasteiger charge is -2.03. The highest BCUT2D eigenvalue weighted by atomic mass is 127. The molecule has 1 N–H and O–H groups in total. The van der Waals surface area contributed by atoms with E-state index in [1.807, 2.05) is 22.6 Å². The van der Waals surface area contributed by atoms with Crippen LogP contribution in [0.25, 0.3) is 0 Å². The van der Waals surface area contributed by atoms with Crippen LogP contribution in [0.15, 0.2) is 30.5 Å². The summed E-state index contributed by atoms with van der Waals surface area (Å²) in [6.45, 7) is 0. The number of methoxy groups -OCH3 is 1. The number of hydrogen-bond acceptors (Lipinski definition) is 3. The van der Waals surface area contributed by atoms with Gasteiger partial charge in [0, 0.05) is 12.3 Å². The van der Waals surface area contributed by atoms with E-state index >= 15 is 0 Å². The molecule has 0 aliphatic heterocycles. The van der Waals surface area contributed by atoms with E-state index in [-0.39, 0.29) is 5.82 Å². The van der Waals surface area contributed by atoms with Gasteiger partial charge in [0.25, 0.3) is 0 Å². The van der Waals surface area contributed by atoms with Crippen molar-refractivity contribution in [1.29, 1.82) is 0 Å². The first-order valence-electron chi connectivity index (χ1n) is 4.10. The van der Waals surface area contributed by atoms with Crippen LogP contribution >= 0.6 is 22.6 Å². The fourth-order valence-electron chi connectivity index (χ4n) is 0.883. The molecule has 0 heterocycles. The van der Waals surface area contributed by atoms with Gasteiger partial charge in [0.05, 0.1) is 16.4 Å². The van der Waals surface area contributed by atoms with Crippen molar-refractivity contribution in [3.8, 4) is 0 Å². The fourth-order valence-corrected chi connectivity index (χ4v) is 1.40. The molecule has 0 bridgehead atoms. The van der Waals surface area contributed by atoms with E-state index in [4.69, 9.17) is 0 Å². The Morgan fingerprint density at radius 1 is 1.60 bits per heavy atom. The molecule has 0 radical (unpaired) electrons. The quantitative estimate of drug-likeness (QED) is 0.528.